The minimum absolute atomic E-state index is 0.0506. The van der Waals surface area contributed by atoms with Crippen LogP contribution in [-0.2, 0) is 10.0 Å². The van der Waals surface area contributed by atoms with Crippen molar-refractivity contribution < 1.29 is 17.2 Å². The number of nitrogens with one attached hydrogen (secondary N) is 1. The smallest absolute Gasteiger partial charge is 0.244 e. The molecule has 0 fully saturated rings. The second-order valence-electron chi connectivity index (χ2n) is 4.27. The van der Waals surface area contributed by atoms with Crippen LogP contribution in [0.2, 0.25) is 0 Å². The lowest BCUT2D eigenvalue weighted by Gasteiger charge is -2.23. The van der Waals surface area contributed by atoms with Crippen molar-refractivity contribution in [3.8, 4) is 0 Å². The van der Waals surface area contributed by atoms with Gasteiger partial charge >= 0.3 is 0 Å². The zero-order chi connectivity index (χ0) is 13.3. The molecule has 0 amide bonds. The maximum absolute atomic E-state index is 13.3. The minimum atomic E-state index is -4.05. The number of hydrogen-bond acceptors (Lipinski definition) is 3. The summed E-state index contributed by atoms with van der Waals surface area (Å²) < 4.78 is 51.9. The summed E-state index contributed by atoms with van der Waals surface area (Å²) in [5.41, 5.74) is 4.47. The van der Waals surface area contributed by atoms with Crippen LogP contribution < -0.4 is 10.5 Å². The monoisotopic (exact) mass is 264 g/mol. The van der Waals surface area contributed by atoms with Crippen molar-refractivity contribution in [3.05, 3.63) is 29.8 Å². The molecule has 0 spiro atoms. The van der Waals surface area contributed by atoms with E-state index in [4.69, 9.17) is 5.73 Å². The lowest BCUT2D eigenvalue weighted by Crippen LogP contribution is -2.48. The number of nitrogens with two attached hydrogens (primary N) is 1. The molecule has 0 heterocycles. The molecule has 0 aliphatic rings. The molecule has 1 rings (SSSR count). The second-order valence-corrected chi connectivity index (χ2v) is 5.92. The SMILES string of the molecule is CC(C)(CN)NS(=O)(=O)c1ccc(F)cc1F. The Labute approximate surface area is 98.9 Å². The van der Waals surface area contributed by atoms with E-state index in [0.29, 0.717) is 6.07 Å². The van der Waals surface area contributed by atoms with Gasteiger partial charge in [0.05, 0.1) is 0 Å². The summed E-state index contributed by atoms with van der Waals surface area (Å²) in [5.74, 6) is -1.97. The van der Waals surface area contributed by atoms with Crippen LogP contribution in [0, 0.1) is 11.6 Å². The Hall–Kier alpha value is -1.05. The molecule has 0 atom stereocenters. The largest absolute Gasteiger partial charge is 0.329 e. The average molecular weight is 264 g/mol. The van der Waals surface area contributed by atoms with Crippen LogP contribution in [0.3, 0.4) is 0 Å². The Bertz CT molecular complexity index is 515. The third kappa shape index (κ3) is 3.45. The van der Waals surface area contributed by atoms with Crippen molar-refractivity contribution in [2.75, 3.05) is 6.54 Å². The molecule has 3 N–H and O–H groups in total. The van der Waals surface area contributed by atoms with Gasteiger partial charge in [0.15, 0.2) is 0 Å². The Morgan fingerprint density at radius 2 is 1.94 bits per heavy atom. The van der Waals surface area contributed by atoms with E-state index in [1.54, 1.807) is 13.8 Å². The Balaban J connectivity index is 3.14. The first-order valence-electron chi connectivity index (χ1n) is 4.87. The molecule has 17 heavy (non-hydrogen) atoms. The molecule has 96 valence electrons. The maximum Gasteiger partial charge on any atom is 0.244 e. The molecule has 1 aromatic carbocycles. The van der Waals surface area contributed by atoms with Gasteiger partial charge in [-0.15, -0.1) is 0 Å². The average Bonchev–Trinajstić information content (AvgIpc) is 2.15. The predicted molar refractivity (Wildman–Crippen MR) is 59.8 cm³/mol. The topological polar surface area (TPSA) is 72.2 Å². The first kappa shape index (κ1) is 14.0. The van der Waals surface area contributed by atoms with Crippen molar-refractivity contribution in [2.45, 2.75) is 24.3 Å². The molecular formula is C10H14F2N2O2S. The fraction of sp³-hybridized carbons (Fsp3) is 0.400. The van der Waals surface area contributed by atoms with E-state index in [-0.39, 0.29) is 6.54 Å². The summed E-state index contributed by atoms with van der Waals surface area (Å²) in [6.07, 6.45) is 0. The Morgan fingerprint density at radius 3 is 2.41 bits per heavy atom. The number of halogens is 2. The third-order valence-corrected chi connectivity index (χ3v) is 3.84. The fourth-order valence-electron chi connectivity index (χ4n) is 1.15. The minimum Gasteiger partial charge on any atom is -0.329 e. The summed E-state index contributed by atoms with van der Waals surface area (Å²) in [6.45, 7) is 3.17. The van der Waals surface area contributed by atoms with Gasteiger partial charge in [-0.1, -0.05) is 0 Å². The van der Waals surface area contributed by atoms with Gasteiger partial charge in [-0.3, -0.25) is 0 Å². The molecule has 1 aromatic rings. The van der Waals surface area contributed by atoms with Gasteiger partial charge in [0.25, 0.3) is 0 Å². The molecule has 0 aromatic heterocycles. The summed E-state index contributed by atoms with van der Waals surface area (Å²) in [6, 6.07) is 2.27. The summed E-state index contributed by atoms with van der Waals surface area (Å²) in [5, 5.41) is 0. The number of benzene rings is 1. The molecule has 0 aliphatic carbocycles. The highest BCUT2D eigenvalue weighted by molar-refractivity contribution is 7.89. The highest BCUT2D eigenvalue weighted by Gasteiger charge is 2.27. The third-order valence-electron chi connectivity index (χ3n) is 2.10. The molecule has 0 unspecified atom stereocenters. The lowest BCUT2D eigenvalue weighted by atomic mass is 10.1. The Morgan fingerprint density at radius 1 is 1.35 bits per heavy atom. The van der Waals surface area contributed by atoms with E-state index in [1.165, 1.54) is 0 Å². The van der Waals surface area contributed by atoms with E-state index in [9.17, 15) is 17.2 Å². The zero-order valence-electron chi connectivity index (χ0n) is 9.50. The summed E-state index contributed by atoms with van der Waals surface area (Å²) in [4.78, 5) is -0.597. The standard InChI is InChI=1S/C10H14F2N2O2S/c1-10(2,6-13)14-17(15,16)9-4-3-7(11)5-8(9)12/h3-5,14H,6,13H2,1-2H3. The number of sulfonamides is 1. The number of hydrogen-bond donors (Lipinski definition) is 2. The zero-order valence-corrected chi connectivity index (χ0v) is 10.3. The quantitative estimate of drug-likeness (QED) is 0.851. The van der Waals surface area contributed by atoms with E-state index in [2.05, 4.69) is 4.72 Å². The molecule has 4 nitrogen and oxygen atoms in total. The van der Waals surface area contributed by atoms with Crippen molar-refractivity contribution in [1.82, 2.24) is 4.72 Å². The van der Waals surface area contributed by atoms with Crippen LogP contribution in [0.1, 0.15) is 13.8 Å². The van der Waals surface area contributed by atoms with Crippen molar-refractivity contribution >= 4 is 10.0 Å². The summed E-state index contributed by atoms with van der Waals surface area (Å²) in [7, 11) is -4.05. The van der Waals surface area contributed by atoms with Crippen molar-refractivity contribution in [1.29, 1.82) is 0 Å². The van der Waals surface area contributed by atoms with Gasteiger partial charge < -0.3 is 5.73 Å². The summed E-state index contributed by atoms with van der Waals surface area (Å²) >= 11 is 0. The van der Waals surface area contributed by atoms with Crippen LogP contribution in [0.5, 0.6) is 0 Å². The van der Waals surface area contributed by atoms with E-state index >= 15 is 0 Å². The normalized spacial score (nSPS) is 12.8. The van der Waals surface area contributed by atoms with Gasteiger partial charge in [0, 0.05) is 18.2 Å². The van der Waals surface area contributed by atoms with Crippen molar-refractivity contribution in [2.24, 2.45) is 5.73 Å². The van der Waals surface area contributed by atoms with Gasteiger partial charge in [0.1, 0.15) is 16.5 Å². The van der Waals surface area contributed by atoms with E-state index in [0.717, 1.165) is 12.1 Å². The second kappa shape index (κ2) is 4.67. The molecular weight excluding hydrogens is 250 g/mol. The molecule has 0 radical (unpaired) electrons. The van der Waals surface area contributed by atoms with Gasteiger partial charge in [-0.2, -0.15) is 0 Å². The maximum atomic E-state index is 13.3. The van der Waals surface area contributed by atoms with Crippen LogP contribution in [0.15, 0.2) is 23.1 Å². The van der Waals surface area contributed by atoms with Crippen LogP contribution in [-0.4, -0.2) is 20.5 Å². The Kier molecular flexibility index (Phi) is 3.85. The first-order valence-corrected chi connectivity index (χ1v) is 6.35. The highest BCUT2D eigenvalue weighted by atomic mass is 32.2. The van der Waals surface area contributed by atoms with E-state index in [1.807, 2.05) is 0 Å². The van der Waals surface area contributed by atoms with Crippen molar-refractivity contribution in [3.63, 3.8) is 0 Å². The fourth-order valence-corrected chi connectivity index (χ4v) is 2.64. The molecule has 0 aliphatic heterocycles. The van der Waals surface area contributed by atoms with E-state index < -0.39 is 32.1 Å². The lowest BCUT2D eigenvalue weighted by molar-refractivity contribution is 0.459. The van der Waals surface area contributed by atoms with Crippen LogP contribution in [0.4, 0.5) is 8.78 Å². The molecule has 7 heteroatoms. The van der Waals surface area contributed by atoms with Gasteiger partial charge in [0.2, 0.25) is 10.0 Å². The number of rotatable bonds is 4. The van der Waals surface area contributed by atoms with Crippen LogP contribution in [0.25, 0.3) is 0 Å². The predicted octanol–water partition coefficient (Wildman–Crippen LogP) is 0.980. The first-order chi connectivity index (χ1) is 7.68. The van der Waals surface area contributed by atoms with Crippen LogP contribution >= 0.6 is 0 Å². The van der Waals surface area contributed by atoms with Gasteiger partial charge in [-0.25, -0.2) is 21.9 Å². The highest BCUT2D eigenvalue weighted by Crippen LogP contribution is 2.17. The molecule has 0 saturated carbocycles. The molecule has 0 saturated heterocycles. The molecule has 0 bridgehead atoms. The van der Waals surface area contributed by atoms with Gasteiger partial charge in [-0.05, 0) is 26.0 Å².